The molecule has 0 N–H and O–H groups in total. The van der Waals surface area contributed by atoms with E-state index in [2.05, 4.69) is 15.2 Å². The molecule has 1 aliphatic heterocycles. The summed E-state index contributed by atoms with van der Waals surface area (Å²) in [6.07, 6.45) is 1.86. The molecule has 0 spiro atoms. The van der Waals surface area contributed by atoms with E-state index in [9.17, 15) is 9.59 Å². The molecule has 3 aromatic rings. The van der Waals surface area contributed by atoms with Crippen molar-refractivity contribution in [3.63, 3.8) is 0 Å². The lowest BCUT2D eigenvalue weighted by Crippen LogP contribution is -2.29. The summed E-state index contributed by atoms with van der Waals surface area (Å²) in [5.41, 5.74) is 0.601. The van der Waals surface area contributed by atoms with Crippen LogP contribution in [0.4, 0.5) is 0 Å². The van der Waals surface area contributed by atoms with Crippen molar-refractivity contribution >= 4 is 28.6 Å². The zero-order valence-corrected chi connectivity index (χ0v) is 16.9. The summed E-state index contributed by atoms with van der Waals surface area (Å²) in [6.45, 7) is 2.84. The maximum absolute atomic E-state index is 13.2. The van der Waals surface area contributed by atoms with Crippen molar-refractivity contribution in [3.8, 4) is 0 Å². The second-order valence-corrected chi connectivity index (χ2v) is 7.61. The maximum atomic E-state index is 13.2. The van der Waals surface area contributed by atoms with Crippen LogP contribution in [0.5, 0.6) is 0 Å². The van der Waals surface area contributed by atoms with Crippen LogP contribution >= 0.6 is 11.8 Å². The first-order valence-electron chi connectivity index (χ1n) is 9.21. The largest absolute Gasteiger partial charge is 0.465 e. The molecule has 4 rings (SSSR count). The van der Waals surface area contributed by atoms with E-state index in [4.69, 9.17) is 13.9 Å². The highest BCUT2D eigenvalue weighted by molar-refractivity contribution is 7.98. The number of hydrogen-bond donors (Lipinski definition) is 0. The minimum absolute atomic E-state index is 0.0220. The highest BCUT2D eigenvalue weighted by Gasteiger charge is 2.21. The van der Waals surface area contributed by atoms with E-state index >= 15 is 0 Å². The molecule has 1 saturated heterocycles. The first-order chi connectivity index (χ1) is 14.0. The Morgan fingerprint density at radius 1 is 1.38 bits per heavy atom. The van der Waals surface area contributed by atoms with Crippen molar-refractivity contribution in [2.24, 2.45) is 0 Å². The molecule has 2 aromatic heterocycles. The number of aromatic nitrogens is 4. The Hall–Kier alpha value is -2.72. The van der Waals surface area contributed by atoms with Crippen LogP contribution in [0.25, 0.3) is 10.9 Å². The number of aryl methyl sites for hydroxylation is 1. The summed E-state index contributed by atoms with van der Waals surface area (Å²) in [5.74, 6) is 0.828. The number of rotatable bonds is 6. The first kappa shape index (κ1) is 19.6. The molecule has 0 amide bonds. The minimum atomic E-state index is -0.479. The van der Waals surface area contributed by atoms with Crippen LogP contribution in [0.1, 0.15) is 35.0 Å². The molecule has 3 heterocycles. The van der Waals surface area contributed by atoms with Gasteiger partial charge in [-0.1, -0.05) is 11.8 Å². The third kappa shape index (κ3) is 4.18. The quantitative estimate of drug-likeness (QED) is 0.340. The monoisotopic (exact) mass is 416 g/mol. The Morgan fingerprint density at radius 2 is 2.24 bits per heavy atom. The normalized spacial score (nSPS) is 16.4. The van der Waals surface area contributed by atoms with Crippen LogP contribution in [-0.2, 0) is 21.8 Å². The number of carbonyl (C=O) groups is 1. The number of ether oxygens (including phenoxy) is 2. The van der Waals surface area contributed by atoms with Crippen molar-refractivity contribution < 1.29 is 18.7 Å². The molecule has 0 aliphatic carbocycles. The molecule has 1 atom stereocenters. The van der Waals surface area contributed by atoms with Crippen molar-refractivity contribution in [2.45, 2.75) is 43.3 Å². The Labute approximate surface area is 170 Å². The minimum Gasteiger partial charge on any atom is -0.465 e. The van der Waals surface area contributed by atoms with E-state index in [1.807, 2.05) is 0 Å². The molecule has 1 aliphatic rings. The molecule has 1 aromatic carbocycles. The van der Waals surface area contributed by atoms with Gasteiger partial charge >= 0.3 is 5.97 Å². The average Bonchev–Trinajstić information content (AvgIpc) is 3.39. The van der Waals surface area contributed by atoms with Crippen LogP contribution in [0.15, 0.2) is 32.6 Å². The molecule has 1 fully saturated rings. The van der Waals surface area contributed by atoms with E-state index in [0.717, 1.165) is 12.8 Å². The maximum Gasteiger partial charge on any atom is 0.337 e. The number of methoxy groups -OCH3 is 1. The topological polar surface area (TPSA) is 109 Å². The Morgan fingerprint density at radius 3 is 2.93 bits per heavy atom. The van der Waals surface area contributed by atoms with Crippen LogP contribution in [-0.4, -0.2) is 45.5 Å². The standard InChI is InChI=1S/C19H20N4O5S/c1-11-21-22-16(28-11)10-29-19-20-15-8-12(18(25)26-2)5-6-14(15)17(24)23(19)9-13-4-3-7-27-13/h5-6,8,13H,3-4,7,9-10H2,1-2H3/t13-/m0/s1. The molecule has 0 radical (unpaired) electrons. The Balaban J connectivity index is 1.74. The number of esters is 1. The fourth-order valence-electron chi connectivity index (χ4n) is 3.23. The van der Waals surface area contributed by atoms with E-state index in [-0.39, 0.29) is 11.7 Å². The predicted molar refractivity (Wildman–Crippen MR) is 105 cm³/mol. The zero-order chi connectivity index (χ0) is 20.4. The second-order valence-electron chi connectivity index (χ2n) is 6.67. The van der Waals surface area contributed by atoms with Crippen molar-refractivity contribution in [1.82, 2.24) is 19.7 Å². The SMILES string of the molecule is COC(=O)c1ccc2c(=O)n(C[C@@H]3CCCO3)c(SCc3nnc(C)o3)nc2c1. The highest BCUT2D eigenvalue weighted by atomic mass is 32.2. The van der Waals surface area contributed by atoms with Gasteiger partial charge in [-0.3, -0.25) is 9.36 Å². The third-order valence-electron chi connectivity index (χ3n) is 4.64. The van der Waals surface area contributed by atoms with Crippen LogP contribution < -0.4 is 5.56 Å². The summed E-state index contributed by atoms with van der Waals surface area (Å²) in [7, 11) is 1.31. The van der Waals surface area contributed by atoms with Gasteiger partial charge in [0.05, 0.1) is 42.0 Å². The van der Waals surface area contributed by atoms with Gasteiger partial charge in [-0.15, -0.1) is 10.2 Å². The van der Waals surface area contributed by atoms with Crippen LogP contribution in [0, 0.1) is 6.92 Å². The third-order valence-corrected chi connectivity index (χ3v) is 5.61. The lowest BCUT2D eigenvalue weighted by atomic mass is 10.1. The van der Waals surface area contributed by atoms with Crippen LogP contribution in [0.3, 0.4) is 0 Å². The van der Waals surface area contributed by atoms with Gasteiger partial charge in [-0.2, -0.15) is 0 Å². The van der Waals surface area contributed by atoms with Crippen molar-refractivity contribution in [3.05, 3.63) is 45.9 Å². The molecule has 152 valence electrons. The van der Waals surface area contributed by atoms with Gasteiger partial charge in [0.1, 0.15) is 0 Å². The Kier molecular flexibility index (Phi) is 5.63. The molecule has 9 nitrogen and oxygen atoms in total. The number of thioether (sulfide) groups is 1. The molecule has 0 unspecified atom stereocenters. The smallest absolute Gasteiger partial charge is 0.337 e. The van der Waals surface area contributed by atoms with Gasteiger partial charge in [-0.25, -0.2) is 9.78 Å². The fraction of sp³-hybridized carbons (Fsp3) is 0.421. The molecular weight excluding hydrogens is 396 g/mol. The number of hydrogen-bond acceptors (Lipinski definition) is 9. The summed E-state index contributed by atoms with van der Waals surface area (Å²) in [5, 5.41) is 8.76. The summed E-state index contributed by atoms with van der Waals surface area (Å²) < 4.78 is 17.5. The number of carbonyl (C=O) groups excluding carboxylic acids is 1. The number of nitrogens with zero attached hydrogens (tertiary/aromatic N) is 4. The van der Waals surface area contributed by atoms with E-state index in [0.29, 0.717) is 52.3 Å². The van der Waals surface area contributed by atoms with Gasteiger partial charge in [0.2, 0.25) is 11.8 Å². The molecule has 29 heavy (non-hydrogen) atoms. The summed E-state index contributed by atoms with van der Waals surface area (Å²) in [6, 6.07) is 4.75. The molecule has 0 saturated carbocycles. The second kappa shape index (κ2) is 8.34. The summed E-state index contributed by atoms with van der Waals surface area (Å²) in [4.78, 5) is 29.7. The average molecular weight is 416 g/mol. The lowest BCUT2D eigenvalue weighted by Gasteiger charge is -2.16. The first-order valence-corrected chi connectivity index (χ1v) is 10.2. The van der Waals surface area contributed by atoms with E-state index in [1.165, 1.54) is 18.9 Å². The number of benzene rings is 1. The van der Waals surface area contributed by atoms with E-state index in [1.54, 1.807) is 29.7 Å². The van der Waals surface area contributed by atoms with Gasteiger partial charge in [0, 0.05) is 13.5 Å². The zero-order valence-electron chi connectivity index (χ0n) is 16.1. The van der Waals surface area contributed by atoms with Gasteiger partial charge in [-0.05, 0) is 31.0 Å². The summed E-state index contributed by atoms with van der Waals surface area (Å²) >= 11 is 1.33. The molecule has 0 bridgehead atoms. The molecule has 10 heteroatoms. The van der Waals surface area contributed by atoms with Gasteiger partial charge < -0.3 is 13.9 Å². The van der Waals surface area contributed by atoms with Crippen molar-refractivity contribution in [1.29, 1.82) is 0 Å². The Bertz CT molecular complexity index is 1100. The molecular formula is C19H20N4O5S. The van der Waals surface area contributed by atoms with Crippen molar-refractivity contribution in [2.75, 3.05) is 13.7 Å². The lowest BCUT2D eigenvalue weighted by molar-refractivity contribution is 0.0601. The fourth-order valence-corrected chi connectivity index (χ4v) is 4.08. The van der Waals surface area contributed by atoms with Gasteiger partial charge in [0.15, 0.2) is 5.16 Å². The number of fused-ring (bicyclic) bond motifs is 1. The van der Waals surface area contributed by atoms with Gasteiger partial charge in [0.25, 0.3) is 5.56 Å². The van der Waals surface area contributed by atoms with E-state index < -0.39 is 5.97 Å². The van der Waals surface area contributed by atoms with Crippen LogP contribution in [0.2, 0.25) is 0 Å². The predicted octanol–water partition coefficient (Wildman–Crippen LogP) is 2.35. The highest BCUT2D eigenvalue weighted by Crippen LogP contribution is 2.24.